The lowest BCUT2D eigenvalue weighted by molar-refractivity contribution is -0.141. The van der Waals surface area contributed by atoms with Gasteiger partial charge in [0.05, 0.1) is 5.57 Å². The minimum Gasteiger partial charge on any atom is -0.477 e. The number of aromatic amines is 1. The zero-order valence-corrected chi connectivity index (χ0v) is 10.1. The summed E-state index contributed by atoms with van der Waals surface area (Å²) in [4.78, 5) is 24.2. The number of hydrogen-bond donors (Lipinski definition) is 2. The first kappa shape index (κ1) is 11.0. The van der Waals surface area contributed by atoms with Gasteiger partial charge in [-0.25, -0.2) is 4.79 Å². The van der Waals surface area contributed by atoms with Crippen molar-refractivity contribution in [1.82, 2.24) is 20.3 Å². The molecule has 1 aromatic rings. The number of carboxylic acids is 1. The summed E-state index contributed by atoms with van der Waals surface area (Å²) in [6, 6.07) is 0. The smallest absolute Gasteiger partial charge is 0.353 e. The first-order valence-electron chi connectivity index (χ1n) is 5.11. The first-order chi connectivity index (χ1) is 8.61. The maximum absolute atomic E-state index is 12.0. The molecular weight excluding hydrogens is 256 g/mol. The second-order valence-electron chi connectivity index (χ2n) is 3.87. The van der Waals surface area contributed by atoms with Crippen molar-refractivity contribution in [3.8, 4) is 0 Å². The Bertz CT molecular complexity index is 605. The van der Waals surface area contributed by atoms with E-state index >= 15 is 0 Å². The molecule has 1 amide bonds. The standard InChI is InChI=1S/C10H8N4O3S/c1-4(5-2-11-13-12-5)7-8(15)14-6(10(16)17)3-18-9(7)14/h2-3,9H,1H3,(H,16,17)(H,11,12,13)/b7-4-/t9-/m1/s1. The van der Waals surface area contributed by atoms with Crippen molar-refractivity contribution in [2.45, 2.75) is 12.3 Å². The van der Waals surface area contributed by atoms with Gasteiger partial charge in [0.25, 0.3) is 5.91 Å². The molecule has 2 N–H and O–H groups in total. The van der Waals surface area contributed by atoms with Gasteiger partial charge in [-0.05, 0) is 12.5 Å². The van der Waals surface area contributed by atoms with E-state index in [-0.39, 0.29) is 17.0 Å². The number of β-lactam (4-membered cyclic amide) rings is 1. The number of carboxylic acid groups (broad SMARTS) is 1. The molecule has 2 aliphatic rings. The second kappa shape index (κ2) is 3.70. The molecule has 8 heteroatoms. The molecule has 3 heterocycles. The molecule has 3 rings (SSSR count). The van der Waals surface area contributed by atoms with Crippen molar-refractivity contribution in [1.29, 1.82) is 0 Å². The SMILES string of the molecule is C/C(=C1\C(=O)N2C(C(=O)O)=CS[C@H]12)c1c[nH]nn1. The Balaban J connectivity index is 1.95. The minimum absolute atomic E-state index is 0.0340. The van der Waals surface area contributed by atoms with Crippen LogP contribution in [0.25, 0.3) is 5.57 Å². The van der Waals surface area contributed by atoms with E-state index in [0.29, 0.717) is 11.3 Å². The highest BCUT2D eigenvalue weighted by atomic mass is 32.2. The van der Waals surface area contributed by atoms with Crippen LogP contribution in [0.4, 0.5) is 0 Å². The maximum atomic E-state index is 12.0. The van der Waals surface area contributed by atoms with E-state index in [0.717, 1.165) is 5.57 Å². The molecule has 0 saturated carbocycles. The van der Waals surface area contributed by atoms with E-state index in [1.165, 1.54) is 22.1 Å². The van der Waals surface area contributed by atoms with E-state index in [2.05, 4.69) is 15.4 Å². The molecule has 0 unspecified atom stereocenters. The third-order valence-corrected chi connectivity index (χ3v) is 3.99. The van der Waals surface area contributed by atoms with Crippen LogP contribution in [0.15, 0.2) is 22.9 Å². The summed E-state index contributed by atoms with van der Waals surface area (Å²) in [7, 11) is 0. The number of hydrogen-bond acceptors (Lipinski definition) is 5. The molecule has 1 saturated heterocycles. The van der Waals surface area contributed by atoms with Crippen LogP contribution in [0, 0.1) is 0 Å². The van der Waals surface area contributed by atoms with E-state index in [1.807, 2.05) is 0 Å². The van der Waals surface area contributed by atoms with Crippen LogP contribution in [0.1, 0.15) is 12.6 Å². The number of amides is 1. The minimum atomic E-state index is -1.09. The van der Waals surface area contributed by atoms with Gasteiger partial charge in [-0.1, -0.05) is 5.21 Å². The third-order valence-electron chi connectivity index (χ3n) is 2.92. The van der Waals surface area contributed by atoms with Crippen molar-refractivity contribution in [2.24, 2.45) is 0 Å². The Morgan fingerprint density at radius 3 is 3.00 bits per heavy atom. The fraction of sp³-hybridized carbons (Fsp3) is 0.200. The lowest BCUT2D eigenvalue weighted by Crippen LogP contribution is -2.51. The number of thioether (sulfide) groups is 1. The topological polar surface area (TPSA) is 99.2 Å². The van der Waals surface area contributed by atoms with Gasteiger partial charge in [0.2, 0.25) is 0 Å². The number of aromatic nitrogens is 3. The van der Waals surface area contributed by atoms with E-state index in [1.54, 1.807) is 13.1 Å². The number of carbonyl (C=O) groups excluding carboxylic acids is 1. The monoisotopic (exact) mass is 264 g/mol. The average molecular weight is 264 g/mol. The lowest BCUT2D eigenvalue weighted by atomic mass is 9.98. The number of nitrogens with one attached hydrogen (secondary N) is 1. The van der Waals surface area contributed by atoms with Crippen molar-refractivity contribution in [2.75, 3.05) is 0 Å². The Morgan fingerprint density at radius 1 is 1.61 bits per heavy atom. The molecular formula is C10H8N4O3S. The van der Waals surface area contributed by atoms with Crippen molar-refractivity contribution >= 4 is 29.2 Å². The summed E-state index contributed by atoms with van der Waals surface area (Å²) in [5, 5.41) is 20.2. The Hall–Kier alpha value is -2.09. The van der Waals surface area contributed by atoms with Gasteiger partial charge in [0, 0.05) is 11.6 Å². The predicted molar refractivity (Wildman–Crippen MR) is 62.9 cm³/mol. The molecule has 0 bridgehead atoms. The van der Waals surface area contributed by atoms with Crippen molar-refractivity contribution in [3.63, 3.8) is 0 Å². The molecule has 7 nitrogen and oxygen atoms in total. The van der Waals surface area contributed by atoms with Gasteiger partial charge in [0.15, 0.2) is 0 Å². The molecule has 0 aromatic carbocycles. The van der Waals surface area contributed by atoms with Crippen LogP contribution in [0.3, 0.4) is 0 Å². The highest BCUT2D eigenvalue weighted by molar-refractivity contribution is 8.03. The van der Waals surface area contributed by atoms with Gasteiger partial charge in [-0.3, -0.25) is 14.8 Å². The second-order valence-corrected chi connectivity index (χ2v) is 4.82. The van der Waals surface area contributed by atoms with E-state index in [4.69, 9.17) is 5.11 Å². The fourth-order valence-electron chi connectivity index (χ4n) is 1.98. The third kappa shape index (κ3) is 1.32. The highest BCUT2D eigenvalue weighted by Crippen LogP contribution is 2.46. The molecule has 2 aliphatic heterocycles. The Labute approximate surface area is 106 Å². The number of carbonyl (C=O) groups is 2. The number of allylic oxidation sites excluding steroid dienone is 1. The van der Waals surface area contributed by atoms with Gasteiger partial charge < -0.3 is 5.11 Å². The fourth-order valence-corrected chi connectivity index (χ4v) is 3.19. The number of rotatable bonds is 2. The zero-order valence-electron chi connectivity index (χ0n) is 9.25. The predicted octanol–water partition coefficient (Wildman–Crippen LogP) is 0.419. The van der Waals surface area contributed by atoms with Gasteiger partial charge in [-0.2, -0.15) is 0 Å². The number of aliphatic carboxylic acids is 1. The van der Waals surface area contributed by atoms with Gasteiger partial charge >= 0.3 is 5.97 Å². The number of nitrogens with zero attached hydrogens (tertiary/aromatic N) is 3. The van der Waals surface area contributed by atoms with Crippen LogP contribution in [-0.4, -0.2) is 42.7 Å². The number of H-pyrrole nitrogens is 1. The Morgan fingerprint density at radius 2 is 2.39 bits per heavy atom. The molecule has 1 atom stereocenters. The first-order valence-corrected chi connectivity index (χ1v) is 6.05. The summed E-state index contributed by atoms with van der Waals surface area (Å²) < 4.78 is 0. The molecule has 0 spiro atoms. The lowest BCUT2D eigenvalue weighted by Gasteiger charge is -2.38. The molecule has 92 valence electrons. The average Bonchev–Trinajstić information content (AvgIpc) is 2.95. The maximum Gasteiger partial charge on any atom is 0.353 e. The largest absolute Gasteiger partial charge is 0.477 e. The van der Waals surface area contributed by atoms with Crippen LogP contribution >= 0.6 is 11.8 Å². The normalized spacial score (nSPS) is 24.5. The summed E-state index contributed by atoms with van der Waals surface area (Å²) in [5.41, 5.74) is 1.94. The molecule has 1 fully saturated rings. The highest BCUT2D eigenvalue weighted by Gasteiger charge is 2.50. The molecule has 0 radical (unpaired) electrons. The quantitative estimate of drug-likeness (QED) is 0.593. The summed E-state index contributed by atoms with van der Waals surface area (Å²) in [6.45, 7) is 1.78. The molecule has 1 aromatic heterocycles. The number of fused-ring (bicyclic) bond motifs is 1. The van der Waals surface area contributed by atoms with Crippen LogP contribution in [-0.2, 0) is 9.59 Å². The van der Waals surface area contributed by atoms with E-state index in [9.17, 15) is 9.59 Å². The van der Waals surface area contributed by atoms with Crippen molar-refractivity contribution in [3.05, 3.63) is 28.6 Å². The van der Waals surface area contributed by atoms with Gasteiger partial charge in [-0.15, -0.1) is 16.9 Å². The Kier molecular flexibility index (Phi) is 2.27. The van der Waals surface area contributed by atoms with Crippen LogP contribution in [0.2, 0.25) is 0 Å². The molecule has 18 heavy (non-hydrogen) atoms. The molecule has 0 aliphatic carbocycles. The van der Waals surface area contributed by atoms with Crippen molar-refractivity contribution < 1.29 is 14.7 Å². The van der Waals surface area contributed by atoms with E-state index < -0.39 is 5.97 Å². The van der Waals surface area contributed by atoms with Gasteiger partial charge in [0.1, 0.15) is 16.8 Å². The summed E-state index contributed by atoms with van der Waals surface area (Å²) in [6.07, 6.45) is 1.60. The summed E-state index contributed by atoms with van der Waals surface area (Å²) >= 11 is 1.31. The van der Waals surface area contributed by atoms with Crippen LogP contribution < -0.4 is 0 Å². The zero-order chi connectivity index (χ0) is 12.9. The summed E-state index contributed by atoms with van der Waals surface area (Å²) in [5.74, 6) is -1.37. The van der Waals surface area contributed by atoms with Crippen LogP contribution in [0.5, 0.6) is 0 Å².